The second kappa shape index (κ2) is 15.1. The van der Waals surface area contributed by atoms with Crippen molar-refractivity contribution in [3.05, 3.63) is 252 Å². The highest BCUT2D eigenvalue weighted by molar-refractivity contribution is 7.99. The maximum Gasteiger partial charge on any atom is 0.163 e. The molecule has 316 valence electrons. The third-order valence-corrected chi connectivity index (χ3v) is 15.7. The highest BCUT2D eigenvalue weighted by Crippen LogP contribution is 2.64. The summed E-state index contributed by atoms with van der Waals surface area (Å²) in [6, 6.07) is 66.4. The SMILES string of the molecule is C1=CC2=C(CC1)c1ccccc1C21c2ccccc2Sc2c1ccc1c3c4ccccc4ccc3n(-c3cccc(-c4nc(-c5ccccc5)nc(C5C=CC(c6ccccc6)=CC5)n4)c3)c21. The van der Waals surface area contributed by atoms with Crippen molar-refractivity contribution >= 4 is 55.5 Å². The Hall–Kier alpha value is -7.86. The highest BCUT2D eigenvalue weighted by Gasteiger charge is 2.51. The number of hydrogen-bond acceptors (Lipinski definition) is 4. The van der Waals surface area contributed by atoms with Gasteiger partial charge in [-0.15, -0.1) is 0 Å². The average molecular weight is 875 g/mol. The Balaban J connectivity index is 1.00. The van der Waals surface area contributed by atoms with Crippen LogP contribution in [0.25, 0.3) is 72.2 Å². The van der Waals surface area contributed by atoms with Gasteiger partial charge in [0.2, 0.25) is 0 Å². The van der Waals surface area contributed by atoms with Crippen LogP contribution in [0.4, 0.5) is 0 Å². The van der Waals surface area contributed by atoms with Crippen molar-refractivity contribution < 1.29 is 0 Å². The summed E-state index contributed by atoms with van der Waals surface area (Å²) in [6.45, 7) is 0. The molecule has 0 bridgehead atoms. The largest absolute Gasteiger partial charge is 0.308 e. The molecule has 0 fully saturated rings. The predicted molar refractivity (Wildman–Crippen MR) is 276 cm³/mol. The Bertz CT molecular complexity index is 3820. The molecule has 0 amide bonds. The highest BCUT2D eigenvalue weighted by atomic mass is 32.2. The van der Waals surface area contributed by atoms with Crippen molar-refractivity contribution in [1.29, 1.82) is 0 Å². The summed E-state index contributed by atoms with van der Waals surface area (Å²) < 4.78 is 2.53. The first-order valence-corrected chi connectivity index (χ1v) is 24.2. The molecule has 2 atom stereocenters. The van der Waals surface area contributed by atoms with E-state index >= 15 is 0 Å². The molecule has 0 saturated heterocycles. The monoisotopic (exact) mass is 874 g/mol. The lowest BCUT2D eigenvalue weighted by Gasteiger charge is -2.41. The van der Waals surface area contributed by atoms with Crippen LogP contribution in [0.2, 0.25) is 0 Å². The van der Waals surface area contributed by atoms with Crippen LogP contribution in [0.5, 0.6) is 0 Å². The predicted octanol–water partition coefficient (Wildman–Crippen LogP) is 15.5. The van der Waals surface area contributed by atoms with Gasteiger partial charge >= 0.3 is 0 Å². The minimum absolute atomic E-state index is 0.0135. The fourth-order valence-electron chi connectivity index (χ4n) is 11.6. The summed E-state index contributed by atoms with van der Waals surface area (Å²) in [4.78, 5) is 18.3. The zero-order chi connectivity index (χ0) is 44.1. The van der Waals surface area contributed by atoms with Crippen LogP contribution in [-0.2, 0) is 5.41 Å². The normalized spacial score (nSPS) is 18.0. The fourth-order valence-corrected chi connectivity index (χ4v) is 12.9. The molecule has 67 heavy (non-hydrogen) atoms. The number of fused-ring (bicyclic) bond motifs is 14. The van der Waals surface area contributed by atoms with E-state index in [9.17, 15) is 0 Å². The van der Waals surface area contributed by atoms with Crippen LogP contribution in [0.1, 0.15) is 58.8 Å². The Labute approximate surface area is 393 Å². The lowest BCUT2D eigenvalue weighted by atomic mass is 9.66. The summed E-state index contributed by atoms with van der Waals surface area (Å²) >= 11 is 1.92. The van der Waals surface area contributed by atoms with Gasteiger partial charge in [-0.3, -0.25) is 0 Å². The molecule has 4 nitrogen and oxygen atoms in total. The first kappa shape index (κ1) is 38.4. The van der Waals surface area contributed by atoms with E-state index in [-0.39, 0.29) is 5.92 Å². The second-order valence-electron chi connectivity index (χ2n) is 18.1. The minimum Gasteiger partial charge on any atom is -0.308 e. The van der Waals surface area contributed by atoms with Crippen LogP contribution in [0, 0.1) is 0 Å². The molecule has 1 spiro atoms. The second-order valence-corrected chi connectivity index (χ2v) is 19.1. The molecule has 10 aromatic rings. The van der Waals surface area contributed by atoms with Gasteiger partial charge in [-0.25, -0.2) is 15.0 Å². The third-order valence-electron chi connectivity index (χ3n) is 14.5. The number of hydrogen-bond donors (Lipinski definition) is 0. The summed E-state index contributed by atoms with van der Waals surface area (Å²) in [5, 5.41) is 5.00. The van der Waals surface area contributed by atoms with E-state index in [1.807, 2.05) is 30.0 Å². The molecule has 14 rings (SSSR count). The van der Waals surface area contributed by atoms with Crippen molar-refractivity contribution in [2.75, 3.05) is 0 Å². The maximum absolute atomic E-state index is 5.31. The summed E-state index contributed by atoms with van der Waals surface area (Å²) in [6.07, 6.45) is 14.5. The van der Waals surface area contributed by atoms with Crippen LogP contribution >= 0.6 is 11.8 Å². The van der Waals surface area contributed by atoms with Crippen LogP contribution in [0.15, 0.2) is 228 Å². The van der Waals surface area contributed by atoms with Gasteiger partial charge in [0.15, 0.2) is 11.6 Å². The van der Waals surface area contributed by atoms with E-state index in [0.717, 1.165) is 41.9 Å². The molecular weight excluding hydrogens is 833 g/mol. The van der Waals surface area contributed by atoms with Crippen molar-refractivity contribution in [1.82, 2.24) is 19.5 Å². The molecular formula is C62H42N4S. The van der Waals surface area contributed by atoms with Crippen LogP contribution < -0.4 is 0 Å². The quantitative estimate of drug-likeness (QED) is 0.173. The first-order valence-electron chi connectivity index (χ1n) is 23.3. The maximum atomic E-state index is 5.31. The van der Waals surface area contributed by atoms with E-state index < -0.39 is 5.41 Å². The van der Waals surface area contributed by atoms with Gasteiger partial charge in [0.1, 0.15) is 5.82 Å². The van der Waals surface area contributed by atoms with Gasteiger partial charge in [-0.1, -0.05) is 200 Å². The molecule has 3 aliphatic carbocycles. The Morgan fingerprint density at radius 3 is 2.18 bits per heavy atom. The van der Waals surface area contributed by atoms with Crippen LogP contribution in [-0.4, -0.2) is 19.5 Å². The zero-order valence-corrected chi connectivity index (χ0v) is 37.4. The van der Waals surface area contributed by atoms with E-state index in [1.54, 1.807) is 0 Å². The molecule has 2 unspecified atom stereocenters. The molecule has 1 aliphatic heterocycles. The summed E-state index contributed by atoms with van der Waals surface area (Å²) in [5.74, 6) is 2.13. The lowest BCUT2D eigenvalue weighted by Crippen LogP contribution is -2.33. The summed E-state index contributed by atoms with van der Waals surface area (Å²) in [7, 11) is 0. The Kier molecular flexibility index (Phi) is 8.65. The molecule has 0 saturated carbocycles. The molecule has 5 heteroatoms. The topological polar surface area (TPSA) is 43.6 Å². The Morgan fingerprint density at radius 1 is 0.582 bits per heavy atom. The molecule has 8 aromatic carbocycles. The molecule has 3 heterocycles. The summed E-state index contributed by atoms with van der Waals surface area (Å²) in [5.41, 5.74) is 15.7. The van der Waals surface area contributed by atoms with E-state index in [1.165, 1.54) is 86.9 Å². The Morgan fingerprint density at radius 2 is 1.33 bits per heavy atom. The number of aromatic nitrogens is 4. The number of rotatable bonds is 5. The van der Waals surface area contributed by atoms with Gasteiger partial charge in [0, 0.05) is 43.3 Å². The van der Waals surface area contributed by atoms with Gasteiger partial charge in [0.05, 0.1) is 16.4 Å². The van der Waals surface area contributed by atoms with Gasteiger partial charge < -0.3 is 4.57 Å². The van der Waals surface area contributed by atoms with Crippen LogP contribution in [0.3, 0.4) is 0 Å². The lowest BCUT2D eigenvalue weighted by molar-refractivity contribution is 0.715. The van der Waals surface area contributed by atoms with Crippen molar-refractivity contribution in [2.45, 2.75) is 40.4 Å². The van der Waals surface area contributed by atoms with Crippen molar-refractivity contribution in [2.24, 2.45) is 0 Å². The van der Waals surface area contributed by atoms with Gasteiger partial charge in [-0.2, -0.15) is 0 Å². The first-order chi connectivity index (χ1) is 33.2. The smallest absolute Gasteiger partial charge is 0.163 e. The number of nitrogens with zero attached hydrogens (tertiary/aromatic N) is 4. The zero-order valence-electron chi connectivity index (χ0n) is 36.6. The molecule has 0 N–H and O–H groups in total. The number of benzene rings is 8. The molecule has 0 radical (unpaired) electrons. The minimum atomic E-state index is -0.445. The van der Waals surface area contributed by atoms with Gasteiger partial charge in [0.25, 0.3) is 0 Å². The average Bonchev–Trinajstić information content (AvgIpc) is 3.91. The fraction of sp³-hybridized carbons (Fsp3) is 0.0806. The standard InChI is InChI=1S/C62H42N4S/c1-3-16-39(17-4-1)40-30-32-43(33-31-40)60-63-59(42-19-5-2-6-20-42)64-61(65-60)44-21-15-22-45(38-44)66-54-37-34-41-18-7-8-23-46(41)56(54)49-35-36-53-58(57(49)66)67-55-29-14-13-28-52(55)62(53)50-26-11-9-24-47(50)48-25-10-12-27-51(48)62/h1-9,11-24,26-32,34-38,43H,10,25,33H2. The molecule has 2 aromatic heterocycles. The third kappa shape index (κ3) is 5.77. The van der Waals surface area contributed by atoms with Crippen molar-refractivity contribution in [3.8, 4) is 28.5 Å². The van der Waals surface area contributed by atoms with E-state index in [2.05, 4.69) is 199 Å². The van der Waals surface area contributed by atoms with Crippen molar-refractivity contribution in [3.63, 3.8) is 0 Å². The number of allylic oxidation sites excluding steroid dienone is 8. The molecule has 4 aliphatic rings. The van der Waals surface area contributed by atoms with E-state index in [0.29, 0.717) is 11.6 Å². The van der Waals surface area contributed by atoms with E-state index in [4.69, 9.17) is 15.0 Å². The van der Waals surface area contributed by atoms with Gasteiger partial charge in [-0.05, 0) is 98.8 Å².